The molecule has 21 nitrogen and oxygen atoms in total. The minimum absolute atomic E-state index is 0.000815. The van der Waals surface area contributed by atoms with Crippen LogP contribution in [0, 0.1) is 12.7 Å². The molecule has 0 spiro atoms. The van der Waals surface area contributed by atoms with Gasteiger partial charge in [-0.1, -0.05) is 13.3 Å². The molecule has 23 heteroatoms. The van der Waals surface area contributed by atoms with Crippen LogP contribution in [0.25, 0.3) is 22.3 Å². The van der Waals surface area contributed by atoms with E-state index in [4.69, 9.17) is 18.8 Å². The molecule has 0 fully saturated rings. The van der Waals surface area contributed by atoms with Crippen LogP contribution in [0.5, 0.6) is 0 Å². The van der Waals surface area contributed by atoms with E-state index >= 15 is 4.39 Å². The second kappa shape index (κ2) is 21.4. The molecule has 70 heavy (non-hydrogen) atoms. The zero-order valence-electron chi connectivity index (χ0n) is 39.3. The van der Waals surface area contributed by atoms with E-state index in [1.807, 2.05) is 0 Å². The number of ether oxygens (including phenoxy) is 1. The molecule has 0 bridgehead atoms. The number of aliphatic carboxylic acids is 1. The van der Waals surface area contributed by atoms with E-state index in [1.54, 1.807) is 13.8 Å². The zero-order chi connectivity index (χ0) is 50.7. The number of nitrogens with zero attached hydrogens (tertiary/aromatic N) is 3. The third-order valence-corrected chi connectivity index (χ3v) is 14.8. The monoisotopic (exact) mass is 993 g/mol. The Bertz CT molecular complexity index is 2780. The molecule has 5 atom stereocenters. The molecule has 376 valence electrons. The number of aryl methyl sites for hydroxylation is 1. The highest BCUT2D eigenvalue weighted by atomic mass is 31.2. The van der Waals surface area contributed by atoms with Crippen molar-refractivity contribution in [3.05, 3.63) is 73.8 Å². The van der Waals surface area contributed by atoms with Crippen LogP contribution in [0.2, 0.25) is 0 Å². The van der Waals surface area contributed by atoms with Gasteiger partial charge in [0.05, 0.1) is 47.7 Å². The summed E-state index contributed by atoms with van der Waals surface area (Å²) >= 11 is 0. The van der Waals surface area contributed by atoms with Crippen molar-refractivity contribution >= 4 is 60.1 Å². The average molecular weight is 994 g/mol. The molecule has 3 aliphatic heterocycles. The van der Waals surface area contributed by atoms with Gasteiger partial charge in [0.15, 0.2) is 5.60 Å². The number of halogens is 1. The fourth-order valence-corrected chi connectivity index (χ4v) is 10.6. The normalized spacial score (nSPS) is 19.5. The standard InChI is InChI=1S/C47H57FN7O14P/c1-5-47(65)31-20-35-42-29(22-55(35)44(61)30(31)23-67-46(47)64)41-33(14-13-28-25(2)32(48)21-34(52-42)40(28)41)51-37(57)24-69-70(66,53-26(3)43(60)50-27(4)45(62)63)68-19-11-7-9-17-49-36(56)12-8-6-10-18-54-38(58)15-16-39(54)59/h15-16,20-21,26-27,33,65H,5-14,17-19,22-24H2,1-4H3,(H,49,56)(H,50,60)(H,51,57)(H,53,66)(H,62,63)/t26?,27?,33-,47-,70?/m0/s1. The lowest BCUT2D eigenvalue weighted by molar-refractivity contribution is -0.172. The predicted molar refractivity (Wildman–Crippen MR) is 247 cm³/mol. The number of cyclic esters (lactones) is 1. The third kappa shape index (κ3) is 10.8. The van der Waals surface area contributed by atoms with Crippen LogP contribution in [0.1, 0.15) is 118 Å². The van der Waals surface area contributed by atoms with Crippen molar-refractivity contribution in [3.63, 3.8) is 0 Å². The van der Waals surface area contributed by atoms with Gasteiger partial charge in [0.2, 0.25) is 17.7 Å². The van der Waals surface area contributed by atoms with Crippen LogP contribution in [0.15, 0.2) is 29.1 Å². The van der Waals surface area contributed by atoms with E-state index in [0.29, 0.717) is 97.1 Å². The Morgan fingerprint density at radius 1 is 0.971 bits per heavy atom. The molecule has 0 radical (unpaired) electrons. The number of aliphatic hydroxyl groups is 1. The Morgan fingerprint density at radius 2 is 1.70 bits per heavy atom. The van der Waals surface area contributed by atoms with Gasteiger partial charge < -0.3 is 35.5 Å². The highest BCUT2D eigenvalue weighted by Gasteiger charge is 2.46. The molecule has 4 aliphatic rings. The second-order valence-corrected chi connectivity index (χ2v) is 19.6. The molecule has 7 rings (SSSR count). The maximum absolute atomic E-state index is 15.4. The SMILES string of the molecule is CC[C@@]1(O)C(=O)OCc2c1cc1n(c2=O)Cc2c-1nc1cc(F)c(C)c3c1c2[C@@H](NC(=O)COP(=O)(NC(C)C(=O)NC(C)C(=O)O)OCCCCCNC(=O)CCCCCN1C(=O)C=CC1=O)CC3. The summed E-state index contributed by atoms with van der Waals surface area (Å²) in [6.07, 6.45) is 6.46. The molecule has 6 N–H and O–H groups in total. The number of benzene rings is 1. The van der Waals surface area contributed by atoms with E-state index in [2.05, 4.69) is 21.0 Å². The fraction of sp³-hybridized carbons (Fsp3) is 0.511. The summed E-state index contributed by atoms with van der Waals surface area (Å²) < 4.78 is 47.6. The van der Waals surface area contributed by atoms with Crippen LogP contribution >= 0.6 is 7.75 Å². The van der Waals surface area contributed by atoms with Gasteiger partial charge in [-0.2, -0.15) is 0 Å². The first-order valence-electron chi connectivity index (χ1n) is 23.4. The number of carboxylic acids is 1. The summed E-state index contributed by atoms with van der Waals surface area (Å²) in [5, 5.41) is 31.8. The van der Waals surface area contributed by atoms with Crippen LogP contribution < -0.4 is 26.6 Å². The number of esters is 1. The fourth-order valence-electron chi connectivity index (χ4n) is 9.17. The van der Waals surface area contributed by atoms with Gasteiger partial charge in [0.25, 0.3) is 17.4 Å². The number of carbonyl (C=O) groups is 7. The number of hydrogen-bond acceptors (Lipinski definition) is 14. The third-order valence-electron chi connectivity index (χ3n) is 13.1. The molecule has 2 aromatic heterocycles. The lowest BCUT2D eigenvalue weighted by Gasteiger charge is -2.31. The summed E-state index contributed by atoms with van der Waals surface area (Å²) in [6.45, 7) is 5.10. The topological polar surface area (TPSA) is 291 Å². The van der Waals surface area contributed by atoms with Crippen LogP contribution in [-0.4, -0.2) is 105 Å². The zero-order valence-corrected chi connectivity index (χ0v) is 40.2. The summed E-state index contributed by atoms with van der Waals surface area (Å²) in [4.78, 5) is 107. The number of rotatable bonds is 23. The number of carbonyl (C=O) groups excluding carboxylic acids is 6. The van der Waals surface area contributed by atoms with Crippen molar-refractivity contribution < 1.29 is 66.5 Å². The first-order valence-corrected chi connectivity index (χ1v) is 24.9. The summed E-state index contributed by atoms with van der Waals surface area (Å²) in [5.41, 5.74) is 0.696. The van der Waals surface area contributed by atoms with Crippen molar-refractivity contribution in [1.82, 2.24) is 35.5 Å². The summed E-state index contributed by atoms with van der Waals surface area (Å²) in [5.74, 6) is -5.11. The summed E-state index contributed by atoms with van der Waals surface area (Å²) in [6, 6.07) is -0.524. The van der Waals surface area contributed by atoms with Crippen molar-refractivity contribution in [1.29, 1.82) is 0 Å². The molecule has 1 aliphatic carbocycles. The minimum Gasteiger partial charge on any atom is -0.480 e. The lowest BCUT2D eigenvalue weighted by Crippen LogP contribution is -2.47. The predicted octanol–water partition coefficient (Wildman–Crippen LogP) is 3.11. The molecule has 0 saturated heterocycles. The van der Waals surface area contributed by atoms with Crippen LogP contribution in [0.4, 0.5) is 4.39 Å². The minimum atomic E-state index is -4.48. The van der Waals surface area contributed by atoms with Gasteiger partial charge >= 0.3 is 19.7 Å². The Kier molecular flexibility index (Phi) is 15.8. The number of fused-ring (bicyclic) bond motifs is 5. The van der Waals surface area contributed by atoms with Gasteiger partial charge in [-0.05, 0) is 94.9 Å². The Balaban J connectivity index is 1.00. The summed E-state index contributed by atoms with van der Waals surface area (Å²) in [7, 11) is -4.48. The van der Waals surface area contributed by atoms with Gasteiger partial charge in [0, 0.05) is 54.2 Å². The molecular formula is C47H57FN7O14P. The number of nitrogens with one attached hydrogen (secondary N) is 4. The van der Waals surface area contributed by atoms with Crippen molar-refractivity contribution in [2.24, 2.45) is 0 Å². The highest BCUT2D eigenvalue weighted by Crippen LogP contribution is 2.47. The van der Waals surface area contributed by atoms with Gasteiger partial charge in [-0.15, -0.1) is 0 Å². The Morgan fingerprint density at radius 3 is 2.41 bits per heavy atom. The van der Waals surface area contributed by atoms with Gasteiger partial charge in [0.1, 0.15) is 25.1 Å². The lowest BCUT2D eigenvalue weighted by atomic mass is 9.81. The number of aromatic nitrogens is 2. The number of imide groups is 1. The molecule has 3 aromatic rings. The quantitative estimate of drug-likeness (QED) is 0.0269. The molecule has 3 unspecified atom stereocenters. The molecule has 0 saturated carbocycles. The van der Waals surface area contributed by atoms with Crippen molar-refractivity contribution in [2.75, 3.05) is 26.3 Å². The first kappa shape index (κ1) is 51.7. The van der Waals surface area contributed by atoms with Crippen molar-refractivity contribution in [2.45, 2.75) is 129 Å². The van der Waals surface area contributed by atoms with E-state index in [0.717, 1.165) is 4.90 Å². The number of amides is 5. The maximum Gasteiger partial charge on any atom is 0.406 e. The number of hydrogen-bond donors (Lipinski definition) is 6. The number of unbranched alkanes of at least 4 members (excludes halogenated alkanes) is 4. The van der Waals surface area contributed by atoms with Crippen LogP contribution in [0.3, 0.4) is 0 Å². The Hall–Kier alpha value is -6.19. The smallest absolute Gasteiger partial charge is 0.406 e. The van der Waals surface area contributed by atoms with Gasteiger partial charge in [-0.3, -0.25) is 47.5 Å². The second-order valence-electron chi connectivity index (χ2n) is 17.9. The average Bonchev–Trinajstić information content (AvgIpc) is 3.86. The van der Waals surface area contributed by atoms with Crippen molar-refractivity contribution in [3.8, 4) is 11.4 Å². The van der Waals surface area contributed by atoms with E-state index in [1.165, 1.54) is 42.7 Å². The Labute approximate surface area is 401 Å². The largest absolute Gasteiger partial charge is 0.480 e. The molecule has 1 aromatic carbocycles. The molecule has 5 heterocycles. The molecular weight excluding hydrogens is 937 g/mol. The molecule has 5 amide bonds. The highest BCUT2D eigenvalue weighted by molar-refractivity contribution is 7.51. The van der Waals surface area contributed by atoms with Crippen LogP contribution in [-0.2, 0) is 77.1 Å². The van der Waals surface area contributed by atoms with E-state index < -0.39 is 73.2 Å². The number of carboxylic acid groups (broad SMARTS) is 1. The van der Waals surface area contributed by atoms with E-state index in [-0.39, 0.29) is 73.4 Å². The first-order chi connectivity index (χ1) is 33.3. The maximum atomic E-state index is 15.4. The van der Waals surface area contributed by atoms with E-state index in [9.17, 15) is 53.1 Å². The van der Waals surface area contributed by atoms with Gasteiger partial charge in [-0.25, -0.2) is 23.8 Å². The number of pyridine rings is 2.